The van der Waals surface area contributed by atoms with Crippen LogP contribution in [0.3, 0.4) is 0 Å². The van der Waals surface area contributed by atoms with Crippen LogP contribution in [0.15, 0.2) is 94.4 Å². The molecular formula is C24H19NOS. The molecule has 0 N–H and O–H groups in total. The molecule has 5 rings (SSSR count). The van der Waals surface area contributed by atoms with Crippen molar-refractivity contribution in [2.45, 2.75) is 17.7 Å². The molecule has 3 aromatic rings. The third kappa shape index (κ3) is 2.46. The highest BCUT2D eigenvalue weighted by Gasteiger charge is 2.40. The van der Waals surface area contributed by atoms with Gasteiger partial charge in [-0.3, -0.25) is 4.79 Å². The Hall–Kier alpha value is -2.78. The molecule has 3 aromatic carbocycles. The summed E-state index contributed by atoms with van der Waals surface area (Å²) in [6, 6.07) is 26.8. The first-order chi connectivity index (χ1) is 13.3. The Bertz CT molecular complexity index is 1070. The van der Waals surface area contributed by atoms with E-state index in [1.807, 2.05) is 24.3 Å². The normalized spacial score (nSPS) is 20.7. The average Bonchev–Trinajstić information content (AvgIpc) is 3.23. The summed E-state index contributed by atoms with van der Waals surface area (Å²) in [5, 5.41) is 1.08. The Morgan fingerprint density at radius 2 is 1.59 bits per heavy atom. The first kappa shape index (κ1) is 16.4. The van der Waals surface area contributed by atoms with Gasteiger partial charge in [-0.15, -0.1) is 0 Å². The van der Waals surface area contributed by atoms with E-state index in [2.05, 4.69) is 66.4 Å². The molecule has 0 saturated heterocycles. The fraction of sp³-hybridized carbons (Fsp3) is 0.125. The third-order valence-electron chi connectivity index (χ3n) is 5.34. The number of anilines is 1. The van der Waals surface area contributed by atoms with E-state index in [0.29, 0.717) is 0 Å². The van der Waals surface area contributed by atoms with Crippen LogP contribution in [-0.4, -0.2) is 12.3 Å². The summed E-state index contributed by atoms with van der Waals surface area (Å²) in [7, 11) is 0. The summed E-state index contributed by atoms with van der Waals surface area (Å²) < 4.78 is 0. The van der Waals surface area contributed by atoms with Gasteiger partial charge in [0.1, 0.15) is 0 Å². The van der Waals surface area contributed by atoms with E-state index in [4.69, 9.17) is 0 Å². The van der Waals surface area contributed by atoms with Gasteiger partial charge in [-0.1, -0.05) is 78.5 Å². The number of ketones is 1. The van der Waals surface area contributed by atoms with Crippen molar-refractivity contribution in [3.63, 3.8) is 0 Å². The minimum absolute atomic E-state index is 0.0132. The fourth-order valence-electron chi connectivity index (χ4n) is 4.15. The van der Waals surface area contributed by atoms with Crippen molar-refractivity contribution < 1.29 is 4.79 Å². The molecule has 0 spiro atoms. The van der Waals surface area contributed by atoms with Gasteiger partial charge < -0.3 is 4.90 Å². The van der Waals surface area contributed by atoms with E-state index in [0.717, 1.165) is 28.3 Å². The molecule has 2 nitrogen and oxygen atoms in total. The number of Topliss-reactive ketones (excluding diaryl/α,β-unsaturated/α-hetero) is 1. The third-order valence-corrected chi connectivity index (χ3v) is 6.54. The molecule has 0 saturated carbocycles. The summed E-state index contributed by atoms with van der Waals surface area (Å²) >= 11 is 1.72. The Balaban J connectivity index is 1.76. The zero-order chi connectivity index (χ0) is 18.4. The molecule has 0 aromatic heterocycles. The molecule has 0 fully saturated rings. The number of carbonyl (C=O) groups is 1. The van der Waals surface area contributed by atoms with Crippen LogP contribution in [0.1, 0.15) is 34.3 Å². The van der Waals surface area contributed by atoms with Crippen molar-refractivity contribution in [3.8, 4) is 0 Å². The summed E-state index contributed by atoms with van der Waals surface area (Å²) in [5.74, 6) is 0.147. The number of fused-ring (bicyclic) bond motifs is 2. The number of allylic oxidation sites excluding steroid dienone is 1. The van der Waals surface area contributed by atoms with Crippen molar-refractivity contribution >= 4 is 23.2 Å². The molecule has 0 radical (unpaired) electrons. The second-order valence-corrected chi connectivity index (χ2v) is 7.82. The van der Waals surface area contributed by atoms with Crippen molar-refractivity contribution in [1.82, 2.24) is 0 Å². The number of hydrogen-bond donors (Lipinski definition) is 0. The van der Waals surface area contributed by atoms with Crippen LogP contribution in [-0.2, 0) is 0 Å². The highest BCUT2D eigenvalue weighted by Crippen LogP contribution is 2.52. The lowest BCUT2D eigenvalue weighted by Gasteiger charge is -2.22. The maximum atomic E-state index is 13.5. The smallest absolute Gasteiger partial charge is 0.192 e. The van der Waals surface area contributed by atoms with E-state index in [1.54, 1.807) is 11.8 Å². The predicted molar refractivity (Wildman–Crippen MR) is 111 cm³/mol. The van der Waals surface area contributed by atoms with Gasteiger partial charge in [-0.25, -0.2) is 0 Å². The van der Waals surface area contributed by atoms with Gasteiger partial charge in [0.15, 0.2) is 5.78 Å². The van der Waals surface area contributed by atoms with Gasteiger partial charge in [0.25, 0.3) is 0 Å². The van der Waals surface area contributed by atoms with Gasteiger partial charge in [0.2, 0.25) is 0 Å². The van der Waals surface area contributed by atoms with E-state index >= 15 is 0 Å². The minimum atomic E-state index is -0.0132. The first-order valence-corrected chi connectivity index (χ1v) is 10.1. The van der Waals surface area contributed by atoms with E-state index < -0.39 is 0 Å². The van der Waals surface area contributed by atoms with Crippen LogP contribution in [0, 0.1) is 0 Å². The zero-order valence-corrected chi connectivity index (χ0v) is 15.9. The van der Waals surface area contributed by atoms with Crippen molar-refractivity contribution in [2.24, 2.45) is 0 Å². The Morgan fingerprint density at radius 3 is 2.41 bits per heavy atom. The van der Waals surface area contributed by atoms with Crippen LogP contribution >= 0.6 is 11.8 Å². The molecule has 0 bridgehead atoms. The molecule has 1 aliphatic carbocycles. The first-order valence-electron chi connectivity index (χ1n) is 9.26. The zero-order valence-electron chi connectivity index (χ0n) is 15.1. The monoisotopic (exact) mass is 369 g/mol. The SMILES string of the molecule is CCN1C(=C2C(=O)c3ccccc3C2c2ccccc2)Sc2ccccc21. The highest BCUT2D eigenvalue weighted by atomic mass is 32.2. The Morgan fingerprint density at radius 1 is 0.889 bits per heavy atom. The maximum Gasteiger partial charge on any atom is 0.192 e. The van der Waals surface area contributed by atoms with E-state index in [-0.39, 0.29) is 11.7 Å². The van der Waals surface area contributed by atoms with Gasteiger partial charge in [-0.05, 0) is 30.2 Å². The number of hydrogen-bond acceptors (Lipinski definition) is 3. The molecular weight excluding hydrogens is 350 g/mol. The fourth-order valence-corrected chi connectivity index (χ4v) is 5.44. The molecule has 1 unspecified atom stereocenters. The predicted octanol–water partition coefficient (Wildman–Crippen LogP) is 5.86. The van der Waals surface area contributed by atoms with Gasteiger partial charge in [0, 0.05) is 28.5 Å². The summed E-state index contributed by atoms with van der Waals surface area (Å²) in [6.45, 7) is 2.99. The number of carbonyl (C=O) groups excluding carboxylic acids is 1. The molecule has 1 atom stereocenters. The van der Waals surface area contributed by atoms with Crippen molar-refractivity contribution in [1.29, 1.82) is 0 Å². The number of benzene rings is 3. The van der Waals surface area contributed by atoms with Gasteiger partial charge in [0.05, 0.1) is 10.7 Å². The molecule has 27 heavy (non-hydrogen) atoms. The molecule has 1 heterocycles. The second-order valence-electron chi connectivity index (χ2n) is 6.79. The van der Waals surface area contributed by atoms with Gasteiger partial charge in [-0.2, -0.15) is 0 Å². The van der Waals surface area contributed by atoms with Crippen LogP contribution < -0.4 is 4.90 Å². The number of rotatable bonds is 2. The van der Waals surface area contributed by atoms with Gasteiger partial charge >= 0.3 is 0 Å². The molecule has 2 aliphatic rings. The number of para-hydroxylation sites is 1. The Labute approximate surface area is 163 Å². The van der Waals surface area contributed by atoms with E-state index in [9.17, 15) is 4.79 Å². The van der Waals surface area contributed by atoms with E-state index in [1.165, 1.54) is 16.1 Å². The summed E-state index contributed by atoms with van der Waals surface area (Å²) in [4.78, 5) is 17.0. The standard InChI is InChI=1S/C24H19NOS/c1-2-25-19-14-8-9-15-20(19)27-24(25)22-21(16-10-4-3-5-11-16)17-12-6-7-13-18(17)23(22)26/h3-15,21H,2H2,1H3. The number of thioether (sulfide) groups is 1. The lowest BCUT2D eigenvalue weighted by molar-refractivity contribution is 0.103. The molecule has 1 aliphatic heterocycles. The van der Waals surface area contributed by atoms with Crippen LogP contribution in [0.25, 0.3) is 0 Å². The van der Waals surface area contributed by atoms with Crippen molar-refractivity contribution in [2.75, 3.05) is 11.4 Å². The lowest BCUT2D eigenvalue weighted by Crippen LogP contribution is -2.20. The Kier molecular flexibility index (Phi) is 3.91. The maximum absolute atomic E-state index is 13.5. The second kappa shape index (κ2) is 6.43. The number of nitrogens with zero attached hydrogens (tertiary/aromatic N) is 1. The van der Waals surface area contributed by atoms with Crippen LogP contribution in [0.2, 0.25) is 0 Å². The minimum Gasteiger partial charge on any atom is -0.335 e. The lowest BCUT2D eigenvalue weighted by atomic mass is 9.90. The molecule has 0 amide bonds. The average molecular weight is 369 g/mol. The summed E-state index contributed by atoms with van der Waals surface area (Å²) in [6.07, 6.45) is 0. The topological polar surface area (TPSA) is 20.3 Å². The highest BCUT2D eigenvalue weighted by molar-refractivity contribution is 8.03. The quantitative estimate of drug-likeness (QED) is 0.528. The van der Waals surface area contributed by atoms with Crippen LogP contribution in [0.4, 0.5) is 5.69 Å². The summed E-state index contributed by atoms with van der Waals surface area (Å²) in [5.41, 5.74) is 5.23. The molecule has 132 valence electrons. The van der Waals surface area contributed by atoms with Crippen LogP contribution in [0.5, 0.6) is 0 Å². The largest absolute Gasteiger partial charge is 0.335 e. The van der Waals surface area contributed by atoms with Crippen molar-refractivity contribution in [3.05, 3.63) is 106 Å². The molecule has 3 heteroatoms.